The summed E-state index contributed by atoms with van der Waals surface area (Å²) in [6.45, 7) is 11.2. The van der Waals surface area contributed by atoms with Gasteiger partial charge in [-0.05, 0) is 23.0 Å². The molecule has 7 nitrogen and oxygen atoms in total. The molecule has 0 saturated carbocycles. The maximum Gasteiger partial charge on any atom is 0.258 e. The van der Waals surface area contributed by atoms with Crippen molar-refractivity contribution in [3.63, 3.8) is 0 Å². The number of anilines is 2. The standard InChI is InChI=1S/C22H29N5O2/c1-15(2)18-6-5-7-19(16(3)4)20(18)25-21(29)17-12-23-22(24-13-17)27-10-8-26(14-28)9-11-27/h5-7,12-16H,8-11H2,1-4H3,(H,25,29). The zero-order chi connectivity index (χ0) is 21.0. The summed E-state index contributed by atoms with van der Waals surface area (Å²) in [7, 11) is 0. The number of aromatic nitrogens is 2. The molecule has 7 heteroatoms. The molecule has 0 spiro atoms. The van der Waals surface area contributed by atoms with Crippen LogP contribution in [0.3, 0.4) is 0 Å². The molecule has 0 atom stereocenters. The van der Waals surface area contributed by atoms with E-state index in [2.05, 4.69) is 55.1 Å². The van der Waals surface area contributed by atoms with Crippen molar-refractivity contribution < 1.29 is 9.59 Å². The van der Waals surface area contributed by atoms with Crippen LogP contribution in [0.2, 0.25) is 0 Å². The lowest BCUT2D eigenvalue weighted by molar-refractivity contribution is -0.118. The average Bonchev–Trinajstić information content (AvgIpc) is 2.73. The van der Waals surface area contributed by atoms with Gasteiger partial charge >= 0.3 is 0 Å². The van der Waals surface area contributed by atoms with Crippen molar-refractivity contribution in [3.8, 4) is 0 Å². The Hall–Kier alpha value is -2.96. The van der Waals surface area contributed by atoms with Crippen LogP contribution in [0.1, 0.15) is 61.0 Å². The van der Waals surface area contributed by atoms with E-state index in [0.29, 0.717) is 49.5 Å². The van der Waals surface area contributed by atoms with Gasteiger partial charge in [0, 0.05) is 44.3 Å². The number of carbonyl (C=O) groups excluding carboxylic acids is 2. The number of amides is 2. The Morgan fingerprint density at radius 3 is 2.03 bits per heavy atom. The molecule has 29 heavy (non-hydrogen) atoms. The predicted octanol–water partition coefficient (Wildman–Crippen LogP) is 3.25. The molecule has 2 heterocycles. The summed E-state index contributed by atoms with van der Waals surface area (Å²) in [4.78, 5) is 36.2. The highest BCUT2D eigenvalue weighted by molar-refractivity contribution is 6.04. The normalized spacial score (nSPS) is 14.4. The second-order valence-electron chi connectivity index (χ2n) is 7.98. The number of nitrogens with one attached hydrogen (secondary N) is 1. The molecule has 0 unspecified atom stereocenters. The van der Waals surface area contributed by atoms with Gasteiger partial charge in [0.2, 0.25) is 12.4 Å². The molecule has 1 saturated heterocycles. The Balaban J connectivity index is 1.76. The van der Waals surface area contributed by atoms with Gasteiger partial charge in [-0.1, -0.05) is 45.9 Å². The molecule has 0 radical (unpaired) electrons. The van der Waals surface area contributed by atoms with Crippen LogP contribution in [0.25, 0.3) is 0 Å². The lowest BCUT2D eigenvalue weighted by Gasteiger charge is -2.32. The van der Waals surface area contributed by atoms with Crippen LogP contribution >= 0.6 is 0 Å². The largest absolute Gasteiger partial charge is 0.342 e. The van der Waals surface area contributed by atoms with E-state index in [0.717, 1.165) is 23.2 Å². The first-order valence-corrected chi connectivity index (χ1v) is 10.1. The van der Waals surface area contributed by atoms with Crippen LogP contribution < -0.4 is 10.2 Å². The van der Waals surface area contributed by atoms with Gasteiger partial charge in [-0.3, -0.25) is 9.59 Å². The summed E-state index contributed by atoms with van der Waals surface area (Å²) < 4.78 is 0. The van der Waals surface area contributed by atoms with Gasteiger partial charge in [-0.25, -0.2) is 9.97 Å². The van der Waals surface area contributed by atoms with Gasteiger partial charge in [-0.15, -0.1) is 0 Å². The number of para-hydroxylation sites is 1. The molecule has 2 amide bonds. The molecule has 1 aliphatic rings. The van der Waals surface area contributed by atoms with Crippen molar-refractivity contribution in [1.29, 1.82) is 0 Å². The first kappa shape index (κ1) is 20.8. The van der Waals surface area contributed by atoms with Gasteiger partial charge in [0.25, 0.3) is 5.91 Å². The first-order valence-electron chi connectivity index (χ1n) is 10.1. The van der Waals surface area contributed by atoms with Crippen molar-refractivity contribution in [3.05, 3.63) is 47.3 Å². The molecule has 1 aromatic carbocycles. The molecule has 1 aromatic heterocycles. The molecule has 154 valence electrons. The Kier molecular flexibility index (Phi) is 6.46. The van der Waals surface area contributed by atoms with Crippen LogP contribution in [-0.4, -0.2) is 53.4 Å². The van der Waals surface area contributed by atoms with E-state index in [-0.39, 0.29) is 5.91 Å². The number of piperazine rings is 1. The minimum Gasteiger partial charge on any atom is -0.342 e. The third kappa shape index (κ3) is 4.72. The minimum absolute atomic E-state index is 0.211. The van der Waals surface area contributed by atoms with E-state index >= 15 is 0 Å². The summed E-state index contributed by atoms with van der Waals surface area (Å²) >= 11 is 0. The molecule has 0 aliphatic carbocycles. The van der Waals surface area contributed by atoms with Gasteiger partial charge in [0.15, 0.2) is 0 Å². The van der Waals surface area contributed by atoms with E-state index in [1.54, 1.807) is 17.3 Å². The van der Waals surface area contributed by atoms with Gasteiger partial charge < -0.3 is 15.1 Å². The quantitative estimate of drug-likeness (QED) is 0.760. The number of nitrogens with zero attached hydrogens (tertiary/aromatic N) is 4. The second kappa shape index (κ2) is 9.03. The van der Waals surface area contributed by atoms with Crippen molar-refractivity contribution in [2.45, 2.75) is 39.5 Å². The molecule has 2 aromatic rings. The Morgan fingerprint density at radius 1 is 1.00 bits per heavy atom. The number of hydrogen-bond donors (Lipinski definition) is 1. The molecule has 3 rings (SSSR count). The van der Waals surface area contributed by atoms with Gasteiger partial charge in [0.1, 0.15) is 0 Å². The fraction of sp³-hybridized carbons (Fsp3) is 0.455. The maximum atomic E-state index is 12.9. The van der Waals surface area contributed by atoms with Gasteiger partial charge in [-0.2, -0.15) is 0 Å². The maximum absolute atomic E-state index is 12.9. The second-order valence-corrected chi connectivity index (χ2v) is 7.98. The summed E-state index contributed by atoms with van der Waals surface area (Å²) in [6, 6.07) is 6.16. The lowest BCUT2D eigenvalue weighted by Crippen LogP contribution is -2.46. The average molecular weight is 396 g/mol. The predicted molar refractivity (Wildman–Crippen MR) is 114 cm³/mol. The fourth-order valence-corrected chi connectivity index (χ4v) is 3.51. The lowest BCUT2D eigenvalue weighted by atomic mass is 9.92. The molecular weight excluding hydrogens is 366 g/mol. The van der Waals surface area contributed by atoms with Crippen molar-refractivity contribution >= 4 is 24.0 Å². The SMILES string of the molecule is CC(C)c1cccc(C(C)C)c1NC(=O)c1cnc(N2CCN(C=O)CC2)nc1. The molecule has 1 aliphatic heterocycles. The smallest absolute Gasteiger partial charge is 0.258 e. The zero-order valence-corrected chi connectivity index (χ0v) is 17.6. The summed E-state index contributed by atoms with van der Waals surface area (Å²) in [6.07, 6.45) is 4.00. The molecule has 1 N–H and O–H groups in total. The summed E-state index contributed by atoms with van der Waals surface area (Å²) in [5.41, 5.74) is 3.55. The van der Waals surface area contributed by atoms with Crippen LogP contribution in [0.4, 0.5) is 11.6 Å². The van der Waals surface area contributed by atoms with E-state index in [1.165, 1.54) is 0 Å². The van der Waals surface area contributed by atoms with E-state index in [1.807, 2.05) is 11.0 Å². The molecule has 1 fully saturated rings. The topological polar surface area (TPSA) is 78.4 Å². The number of carbonyl (C=O) groups is 2. The van der Waals surface area contributed by atoms with Crippen molar-refractivity contribution in [2.24, 2.45) is 0 Å². The van der Waals surface area contributed by atoms with Gasteiger partial charge in [0.05, 0.1) is 5.56 Å². The fourth-order valence-electron chi connectivity index (χ4n) is 3.51. The number of hydrogen-bond acceptors (Lipinski definition) is 5. The monoisotopic (exact) mass is 395 g/mol. The first-order chi connectivity index (χ1) is 13.9. The summed E-state index contributed by atoms with van der Waals surface area (Å²) in [5, 5.41) is 3.09. The Morgan fingerprint density at radius 2 is 1.55 bits per heavy atom. The highest BCUT2D eigenvalue weighted by Gasteiger charge is 2.20. The van der Waals surface area contributed by atoms with Crippen LogP contribution in [0.5, 0.6) is 0 Å². The molecular formula is C22H29N5O2. The van der Waals surface area contributed by atoms with Crippen LogP contribution in [0, 0.1) is 0 Å². The highest BCUT2D eigenvalue weighted by atomic mass is 16.1. The van der Waals surface area contributed by atoms with Crippen LogP contribution in [0.15, 0.2) is 30.6 Å². The molecule has 0 bridgehead atoms. The van der Waals surface area contributed by atoms with Crippen molar-refractivity contribution in [1.82, 2.24) is 14.9 Å². The van der Waals surface area contributed by atoms with E-state index < -0.39 is 0 Å². The summed E-state index contributed by atoms with van der Waals surface area (Å²) in [5.74, 6) is 0.968. The third-order valence-corrected chi connectivity index (χ3v) is 5.26. The van der Waals surface area contributed by atoms with Crippen LogP contribution in [-0.2, 0) is 4.79 Å². The van der Waals surface area contributed by atoms with E-state index in [4.69, 9.17) is 0 Å². The Bertz CT molecular complexity index is 830. The Labute approximate surface area is 172 Å². The van der Waals surface area contributed by atoms with Crippen molar-refractivity contribution in [2.75, 3.05) is 36.4 Å². The number of rotatable bonds is 6. The minimum atomic E-state index is -0.211. The zero-order valence-electron chi connectivity index (χ0n) is 17.6. The number of benzene rings is 1. The van der Waals surface area contributed by atoms with E-state index in [9.17, 15) is 9.59 Å². The highest BCUT2D eigenvalue weighted by Crippen LogP contribution is 2.32. The third-order valence-electron chi connectivity index (χ3n) is 5.26.